The third-order valence-electron chi connectivity index (χ3n) is 5.50. The number of hydrogen-bond donors (Lipinski definition) is 1. The zero-order chi connectivity index (χ0) is 22.2. The number of amides is 1. The standard InChI is InChI=1S/C21H21F2N3O3S2/c1-31(28,29)14-6-4-13(5-7-14)15(9-12-10-16(22)17(23)11-12)19(27)26-21-25-18-3-2-8-24-20(18)30-21/h2-8,12,15-17H,9-11H2,1H3,(H,25,26,27)/t12?,15-,16-,17+/m1/s1. The molecule has 1 saturated carbocycles. The summed E-state index contributed by atoms with van der Waals surface area (Å²) >= 11 is 1.23. The molecule has 1 N–H and O–H groups in total. The van der Waals surface area contributed by atoms with Crippen molar-refractivity contribution in [2.24, 2.45) is 5.92 Å². The number of benzene rings is 1. The Kier molecular flexibility index (Phi) is 6.02. The minimum absolute atomic E-state index is 0.0669. The van der Waals surface area contributed by atoms with Crippen LogP contribution < -0.4 is 5.32 Å². The first kappa shape index (κ1) is 21.8. The van der Waals surface area contributed by atoms with E-state index in [4.69, 9.17) is 0 Å². The third-order valence-corrected chi connectivity index (χ3v) is 7.53. The van der Waals surface area contributed by atoms with Gasteiger partial charge in [-0.2, -0.15) is 0 Å². The van der Waals surface area contributed by atoms with Crippen molar-refractivity contribution < 1.29 is 22.0 Å². The first-order valence-corrected chi connectivity index (χ1v) is 12.5. The molecule has 0 radical (unpaired) electrons. The van der Waals surface area contributed by atoms with Crippen LogP contribution in [-0.2, 0) is 14.6 Å². The highest BCUT2D eigenvalue weighted by Gasteiger charge is 2.37. The number of carbonyl (C=O) groups is 1. The number of halogens is 2. The third kappa shape index (κ3) is 4.90. The smallest absolute Gasteiger partial charge is 0.233 e. The summed E-state index contributed by atoms with van der Waals surface area (Å²) in [7, 11) is -3.38. The van der Waals surface area contributed by atoms with Crippen LogP contribution in [0.4, 0.5) is 13.9 Å². The lowest BCUT2D eigenvalue weighted by atomic mass is 9.87. The number of sulfone groups is 1. The van der Waals surface area contributed by atoms with Gasteiger partial charge in [0.25, 0.3) is 0 Å². The van der Waals surface area contributed by atoms with Crippen LogP contribution in [0.5, 0.6) is 0 Å². The van der Waals surface area contributed by atoms with Crippen molar-refractivity contribution >= 4 is 42.6 Å². The maximum Gasteiger partial charge on any atom is 0.233 e. The molecule has 1 fully saturated rings. The molecule has 0 spiro atoms. The van der Waals surface area contributed by atoms with Crippen molar-refractivity contribution in [1.29, 1.82) is 0 Å². The van der Waals surface area contributed by atoms with Gasteiger partial charge in [-0.05, 0) is 55.0 Å². The number of alkyl halides is 2. The molecule has 2 aromatic heterocycles. The van der Waals surface area contributed by atoms with E-state index in [0.717, 1.165) is 6.26 Å². The van der Waals surface area contributed by atoms with Crippen molar-refractivity contribution in [2.45, 2.75) is 42.4 Å². The summed E-state index contributed by atoms with van der Waals surface area (Å²) in [5, 5.41) is 3.18. The van der Waals surface area contributed by atoms with Crippen molar-refractivity contribution in [3.8, 4) is 0 Å². The topological polar surface area (TPSA) is 89.0 Å². The molecular formula is C21H21F2N3O3S2. The Morgan fingerprint density at radius 3 is 2.48 bits per heavy atom. The second-order valence-electron chi connectivity index (χ2n) is 7.83. The molecule has 10 heteroatoms. The quantitative estimate of drug-likeness (QED) is 0.587. The van der Waals surface area contributed by atoms with E-state index in [9.17, 15) is 22.0 Å². The molecule has 1 aliphatic rings. The average molecular weight is 466 g/mol. The summed E-state index contributed by atoms with van der Waals surface area (Å²) < 4.78 is 50.9. The van der Waals surface area contributed by atoms with Gasteiger partial charge in [0, 0.05) is 12.5 Å². The predicted molar refractivity (Wildman–Crippen MR) is 115 cm³/mol. The van der Waals surface area contributed by atoms with E-state index in [2.05, 4.69) is 15.3 Å². The molecule has 1 unspecified atom stereocenters. The minimum Gasteiger partial charge on any atom is -0.301 e. The van der Waals surface area contributed by atoms with Crippen LogP contribution in [0.25, 0.3) is 10.3 Å². The molecule has 2 heterocycles. The second kappa shape index (κ2) is 8.58. The average Bonchev–Trinajstić information content (AvgIpc) is 3.27. The number of pyridine rings is 1. The van der Waals surface area contributed by atoms with E-state index in [1.165, 1.54) is 23.5 Å². The lowest BCUT2D eigenvalue weighted by Gasteiger charge is -2.20. The van der Waals surface area contributed by atoms with E-state index >= 15 is 0 Å². The van der Waals surface area contributed by atoms with Crippen LogP contribution in [0, 0.1) is 5.92 Å². The Morgan fingerprint density at radius 2 is 1.87 bits per heavy atom. The first-order valence-electron chi connectivity index (χ1n) is 9.81. The van der Waals surface area contributed by atoms with Gasteiger partial charge in [0.05, 0.1) is 10.8 Å². The van der Waals surface area contributed by atoms with Crippen LogP contribution in [-0.4, -0.2) is 42.9 Å². The van der Waals surface area contributed by atoms with Gasteiger partial charge in [-0.1, -0.05) is 23.5 Å². The summed E-state index contributed by atoms with van der Waals surface area (Å²) in [6.07, 6.45) is 0.102. The maximum absolute atomic E-state index is 13.7. The lowest BCUT2D eigenvalue weighted by Crippen LogP contribution is -2.23. The highest BCUT2D eigenvalue weighted by Crippen LogP contribution is 2.38. The van der Waals surface area contributed by atoms with E-state index in [1.54, 1.807) is 30.5 Å². The van der Waals surface area contributed by atoms with E-state index in [-0.39, 0.29) is 36.0 Å². The van der Waals surface area contributed by atoms with Crippen LogP contribution in [0.15, 0.2) is 47.5 Å². The summed E-state index contributed by atoms with van der Waals surface area (Å²) in [6.45, 7) is 0. The van der Waals surface area contributed by atoms with Gasteiger partial charge < -0.3 is 5.32 Å². The highest BCUT2D eigenvalue weighted by atomic mass is 32.2. The van der Waals surface area contributed by atoms with E-state index in [0.29, 0.717) is 21.0 Å². The fraction of sp³-hybridized carbons (Fsp3) is 0.381. The zero-order valence-corrected chi connectivity index (χ0v) is 18.3. The number of aromatic nitrogens is 2. The van der Waals surface area contributed by atoms with Crippen molar-refractivity contribution in [2.75, 3.05) is 11.6 Å². The molecule has 4 atom stereocenters. The summed E-state index contributed by atoms with van der Waals surface area (Å²) in [5.74, 6) is -1.34. The lowest BCUT2D eigenvalue weighted by molar-refractivity contribution is -0.118. The predicted octanol–water partition coefficient (Wildman–Crippen LogP) is 4.29. The monoisotopic (exact) mass is 465 g/mol. The number of fused-ring (bicyclic) bond motifs is 1. The Bertz CT molecular complexity index is 1160. The number of rotatable bonds is 6. The van der Waals surface area contributed by atoms with Crippen LogP contribution in [0.3, 0.4) is 0 Å². The molecule has 1 amide bonds. The number of anilines is 1. The summed E-state index contributed by atoms with van der Waals surface area (Å²) in [6, 6.07) is 9.58. The Morgan fingerprint density at radius 1 is 1.19 bits per heavy atom. The second-order valence-corrected chi connectivity index (χ2v) is 10.8. The summed E-state index contributed by atoms with van der Waals surface area (Å²) in [4.78, 5) is 22.5. The van der Waals surface area contributed by atoms with Crippen molar-refractivity contribution in [3.05, 3.63) is 48.2 Å². The maximum atomic E-state index is 13.7. The molecule has 4 rings (SSSR count). The van der Waals surface area contributed by atoms with Crippen molar-refractivity contribution in [3.63, 3.8) is 0 Å². The van der Waals surface area contributed by atoms with Crippen LogP contribution >= 0.6 is 11.3 Å². The Labute approximate surface area is 182 Å². The molecule has 0 bridgehead atoms. The number of nitrogens with one attached hydrogen (secondary N) is 1. The number of thiazole rings is 1. The van der Waals surface area contributed by atoms with E-state index in [1.807, 2.05) is 0 Å². The van der Waals surface area contributed by atoms with Gasteiger partial charge in [-0.15, -0.1) is 0 Å². The van der Waals surface area contributed by atoms with E-state index < -0.39 is 28.1 Å². The van der Waals surface area contributed by atoms with Gasteiger partial charge in [0.15, 0.2) is 15.0 Å². The molecule has 1 aromatic carbocycles. The fourth-order valence-corrected chi connectivity index (χ4v) is 5.35. The fourth-order valence-electron chi connectivity index (χ4n) is 3.91. The number of nitrogens with zero attached hydrogens (tertiary/aromatic N) is 2. The molecule has 6 nitrogen and oxygen atoms in total. The normalized spacial score (nSPS) is 22.5. The van der Waals surface area contributed by atoms with Gasteiger partial charge in [0.2, 0.25) is 5.91 Å². The summed E-state index contributed by atoms with van der Waals surface area (Å²) in [5.41, 5.74) is 1.25. The number of hydrogen-bond acceptors (Lipinski definition) is 6. The SMILES string of the molecule is CS(=O)(=O)c1ccc([C@@H](CC2C[C@@H](F)[C@@H](F)C2)C(=O)Nc2nc3cccnc3s2)cc1. The molecule has 3 aromatic rings. The zero-order valence-electron chi connectivity index (χ0n) is 16.7. The van der Waals surface area contributed by atoms with Gasteiger partial charge in [-0.3, -0.25) is 4.79 Å². The highest BCUT2D eigenvalue weighted by molar-refractivity contribution is 7.90. The molecule has 0 aliphatic heterocycles. The minimum atomic E-state index is -3.38. The van der Waals surface area contributed by atoms with Crippen molar-refractivity contribution in [1.82, 2.24) is 9.97 Å². The molecule has 31 heavy (non-hydrogen) atoms. The molecule has 0 saturated heterocycles. The Hall–Kier alpha value is -2.46. The largest absolute Gasteiger partial charge is 0.301 e. The van der Waals surface area contributed by atoms with Crippen LogP contribution in [0.2, 0.25) is 0 Å². The van der Waals surface area contributed by atoms with Gasteiger partial charge >= 0.3 is 0 Å². The molecular weight excluding hydrogens is 444 g/mol. The number of carbonyl (C=O) groups excluding carboxylic acids is 1. The molecule has 164 valence electrons. The van der Waals surface area contributed by atoms with Gasteiger partial charge in [-0.25, -0.2) is 27.2 Å². The first-order chi connectivity index (χ1) is 14.7. The van der Waals surface area contributed by atoms with Gasteiger partial charge in [0.1, 0.15) is 22.7 Å². The van der Waals surface area contributed by atoms with Crippen LogP contribution in [0.1, 0.15) is 30.7 Å². The molecule has 1 aliphatic carbocycles. The Balaban J connectivity index is 1.60.